The minimum Gasteiger partial charge on any atom is -0.484 e. The Kier molecular flexibility index (Phi) is 9.72. The van der Waals surface area contributed by atoms with Gasteiger partial charge in [-0.15, -0.1) is 0 Å². The van der Waals surface area contributed by atoms with E-state index in [0.29, 0.717) is 18.7 Å². The second-order valence-electron chi connectivity index (χ2n) is 8.26. The summed E-state index contributed by atoms with van der Waals surface area (Å²) in [4.78, 5) is 28.4. The zero-order chi connectivity index (χ0) is 24.5. The second kappa shape index (κ2) is 12.7. The van der Waals surface area contributed by atoms with Crippen molar-refractivity contribution < 1.29 is 14.3 Å². The molecule has 0 aliphatic heterocycles. The number of hydrogen-bond acceptors (Lipinski definition) is 3. The molecule has 0 radical (unpaired) electrons. The molecule has 34 heavy (non-hydrogen) atoms. The van der Waals surface area contributed by atoms with Gasteiger partial charge in [0, 0.05) is 28.0 Å². The fourth-order valence-corrected chi connectivity index (χ4v) is 4.01. The average Bonchev–Trinajstić information content (AvgIpc) is 2.82. The van der Waals surface area contributed by atoms with Crippen LogP contribution in [0.5, 0.6) is 5.75 Å². The first-order chi connectivity index (χ1) is 16.3. The van der Waals surface area contributed by atoms with Gasteiger partial charge in [0.1, 0.15) is 11.8 Å². The fraction of sp³-hybridized carbons (Fsp3) is 0.259. The van der Waals surface area contributed by atoms with E-state index < -0.39 is 6.04 Å². The molecule has 2 amide bonds. The molecular formula is C27H28Br2N2O3. The van der Waals surface area contributed by atoms with Crippen molar-refractivity contribution in [1.29, 1.82) is 0 Å². The number of halogens is 2. The van der Waals surface area contributed by atoms with E-state index in [-0.39, 0.29) is 24.5 Å². The molecule has 1 atom stereocenters. The molecule has 5 nitrogen and oxygen atoms in total. The SMILES string of the molecule is CC(C)NC(=O)[C@H](Cc1ccccc1)N(Cc1ccc(Br)cc1)C(=O)COc1ccc(Br)cc1. The number of rotatable bonds is 10. The van der Waals surface area contributed by atoms with Gasteiger partial charge in [0.25, 0.3) is 5.91 Å². The van der Waals surface area contributed by atoms with Crippen LogP contribution in [-0.4, -0.2) is 35.4 Å². The summed E-state index contributed by atoms with van der Waals surface area (Å²) in [6, 6.07) is 24.1. The minimum atomic E-state index is -0.686. The number of hydrogen-bond donors (Lipinski definition) is 1. The van der Waals surface area contributed by atoms with E-state index in [2.05, 4.69) is 37.2 Å². The van der Waals surface area contributed by atoms with Gasteiger partial charge in [-0.2, -0.15) is 0 Å². The molecule has 1 N–H and O–H groups in total. The molecule has 0 aliphatic carbocycles. The largest absolute Gasteiger partial charge is 0.484 e. The zero-order valence-corrected chi connectivity index (χ0v) is 22.4. The highest BCUT2D eigenvalue weighted by atomic mass is 79.9. The molecule has 0 spiro atoms. The van der Waals surface area contributed by atoms with E-state index in [1.807, 2.05) is 80.6 Å². The highest BCUT2D eigenvalue weighted by Gasteiger charge is 2.31. The van der Waals surface area contributed by atoms with Crippen molar-refractivity contribution in [3.8, 4) is 5.75 Å². The highest BCUT2D eigenvalue weighted by molar-refractivity contribution is 9.10. The van der Waals surface area contributed by atoms with E-state index in [1.165, 1.54) is 0 Å². The van der Waals surface area contributed by atoms with Gasteiger partial charge >= 0.3 is 0 Å². The molecule has 0 fully saturated rings. The number of nitrogens with zero attached hydrogens (tertiary/aromatic N) is 1. The standard InChI is InChI=1S/C27H28Br2N2O3/c1-19(2)30-27(33)25(16-20-6-4-3-5-7-20)31(17-21-8-10-22(28)11-9-21)26(32)18-34-24-14-12-23(29)13-15-24/h3-15,19,25H,16-18H2,1-2H3,(H,30,33)/t25-/m0/s1. The molecule has 0 heterocycles. The molecule has 178 valence electrons. The first-order valence-corrected chi connectivity index (χ1v) is 12.7. The Labute approximate surface area is 217 Å². The second-order valence-corrected chi connectivity index (χ2v) is 10.1. The Morgan fingerprint density at radius 1 is 0.853 bits per heavy atom. The van der Waals surface area contributed by atoms with Crippen molar-refractivity contribution in [2.45, 2.75) is 38.9 Å². The third kappa shape index (κ3) is 7.99. The Bertz CT molecular complexity index is 1070. The molecule has 3 rings (SSSR count). The lowest BCUT2D eigenvalue weighted by molar-refractivity contribution is -0.143. The predicted octanol–water partition coefficient (Wildman–Crippen LogP) is 5.76. The molecule has 0 saturated carbocycles. The monoisotopic (exact) mass is 586 g/mol. The molecule has 0 bridgehead atoms. The normalized spacial score (nSPS) is 11.7. The van der Waals surface area contributed by atoms with Crippen LogP contribution >= 0.6 is 31.9 Å². The molecule has 3 aromatic rings. The highest BCUT2D eigenvalue weighted by Crippen LogP contribution is 2.19. The third-order valence-corrected chi connectivity index (χ3v) is 6.20. The summed E-state index contributed by atoms with van der Waals surface area (Å²) in [5.41, 5.74) is 1.91. The zero-order valence-electron chi connectivity index (χ0n) is 19.2. The van der Waals surface area contributed by atoms with E-state index in [1.54, 1.807) is 17.0 Å². The van der Waals surface area contributed by atoms with Gasteiger partial charge < -0.3 is 15.0 Å². The van der Waals surface area contributed by atoms with Crippen LogP contribution in [-0.2, 0) is 22.6 Å². The topological polar surface area (TPSA) is 58.6 Å². The Balaban J connectivity index is 1.89. The van der Waals surface area contributed by atoms with Crippen molar-refractivity contribution in [3.63, 3.8) is 0 Å². The van der Waals surface area contributed by atoms with Gasteiger partial charge in [0.2, 0.25) is 5.91 Å². The summed E-state index contributed by atoms with van der Waals surface area (Å²) < 4.78 is 7.65. The maximum atomic E-state index is 13.5. The summed E-state index contributed by atoms with van der Waals surface area (Å²) in [6.07, 6.45) is 0.403. The lowest BCUT2D eigenvalue weighted by Crippen LogP contribution is -2.52. The van der Waals surface area contributed by atoms with Gasteiger partial charge in [0.15, 0.2) is 6.61 Å². The molecule has 3 aromatic carbocycles. The van der Waals surface area contributed by atoms with Crippen LogP contribution in [0.4, 0.5) is 0 Å². The number of carbonyl (C=O) groups excluding carboxylic acids is 2. The predicted molar refractivity (Wildman–Crippen MR) is 142 cm³/mol. The minimum absolute atomic E-state index is 0.0468. The van der Waals surface area contributed by atoms with E-state index in [0.717, 1.165) is 20.1 Å². The smallest absolute Gasteiger partial charge is 0.261 e. The number of carbonyl (C=O) groups is 2. The number of ether oxygens (including phenoxy) is 1. The van der Waals surface area contributed by atoms with Crippen LogP contribution in [0.15, 0.2) is 87.8 Å². The fourth-order valence-electron chi connectivity index (χ4n) is 3.48. The van der Waals surface area contributed by atoms with Gasteiger partial charge in [-0.25, -0.2) is 0 Å². The average molecular weight is 588 g/mol. The summed E-state index contributed by atoms with van der Waals surface area (Å²) in [7, 11) is 0. The lowest BCUT2D eigenvalue weighted by atomic mass is 10.0. The molecule has 0 unspecified atom stereocenters. The van der Waals surface area contributed by atoms with Crippen LogP contribution in [0.25, 0.3) is 0 Å². The van der Waals surface area contributed by atoms with Crippen LogP contribution < -0.4 is 10.1 Å². The molecule has 7 heteroatoms. The first-order valence-electron chi connectivity index (χ1n) is 11.1. The number of benzene rings is 3. The Hall–Kier alpha value is -2.64. The van der Waals surface area contributed by atoms with Crippen LogP contribution in [0, 0.1) is 0 Å². The summed E-state index contributed by atoms with van der Waals surface area (Å²) in [5, 5.41) is 2.99. The van der Waals surface area contributed by atoms with Crippen LogP contribution in [0.3, 0.4) is 0 Å². The Morgan fingerprint density at radius 3 is 2.03 bits per heavy atom. The first kappa shape index (κ1) is 26.0. The molecule has 0 aliphatic rings. The van der Waals surface area contributed by atoms with Crippen LogP contribution in [0.2, 0.25) is 0 Å². The lowest BCUT2D eigenvalue weighted by Gasteiger charge is -2.32. The van der Waals surface area contributed by atoms with E-state index in [9.17, 15) is 9.59 Å². The maximum Gasteiger partial charge on any atom is 0.261 e. The Morgan fingerprint density at radius 2 is 1.44 bits per heavy atom. The van der Waals surface area contributed by atoms with Gasteiger partial charge in [-0.3, -0.25) is 9.59 Å². The number of amides is 2. The van der Waals surface area contributed by atoms with Crippen molar-refractivity contribution >= 4 is 43.7 Å². The van der Waals surface area contributed by atoms with Gasteiger partial charge in [-0.05, 0) is 61.4 Å². The number of nitrogens with one attached hydrogen (secondary N) is 1. The van der Waals surface area contributed by atoms with Gasteiger partial charge in [-0.1, -0.05) is 74.3 Å². The summed E-state index contributed by atoms with van der Waals surface area (Å²) >= 11 is 6.85. The van der Waals surface area contributed by atoms with Crippen LogP contribution in [0.1, 0.15) is 25.0 Å². The maximum absolute atomic E-state index is 13.5. The quantitative estimate of drug-likeness (QED) is 0.328. The van der Waals surface area contributed by atoms with E-state index in [4.69, 9.17) is 4.74 Å². The van der Waals surface area contributed by atoms with Crippen molar-refractivity contribution in [3.05, 3.63) is 98.9 Å². The molecular weight excluding hydrogens is 560 g/mol. The van der Waals surface area contributed by atoms with E-state index >= 15 is 0 Å². The van der Waals surface area contributed by atoms with Gasteiger partial charge in [0.05, 0.1) is 0 Å². The van der Waals surface area contributed by atoms with Crippen molar-refractivity contribution in [1.82, 2.24) is 10.2 Å². The third-order valence-electron chi connectivity index (χ3n) is 5.14. The molecule has 0 saturated heterocycles. The van der Waals surface area contributed by atoms with Crippen molar-refractivity contribution in [2.75, 3.05) is 6.61 Å². The summed E-state index contributed by atoms with van der Waals surface area (Å²) in [5.74, 6) is 0.144. The summed E-state index contributed by atoms with van der Waals surface area (Å²) in [6.45, 7) is 3.95. The molecule has 0 aromatic heterocycles. The van der Waals surface area contributed by atoms with Crippen molar-refractivity contribution in [2.24, 2.45) is 0 Å².